The standard InChI is InChI=1S/C24H34O5/c1-17(15-19(25)14-13-18-9-5-4-6-10-18)24-20(21(26)16-22(24)27)11-7-2-3-8-12-23(28)29/h2,4-7,9-10,17,19-20,22,24-25,27H,3,8,11-16H2,1H3,(H,28,29)/b7-2-/t17?,19-,20?,22+,24+/m0/s1. The summed E-state index contributed by atoms with van der Waals surface area (Å²) in [4.78, 5) is 22.9. The molecule has 5 atom stereocenters. The molecule has 1 aromatic carbocycles. The Balaban J connectivity index is 1.83. The van der Waals surface area contributed by atoms with Gasteiger partial charge in [0.25, 0.3) is 0 Å². The van der Waals surface area contributed by atoms with Crippen molar-refractivity contribution in [2.45, 2.75) is 70.5 Å². The summed E-state index contributed by atoms with van der Waals surface area (Å²) in [7, 11) is 0. The summed E-state index contributed by atoms with van der Waals surface area (Å²) in [5, 5.41) is 29.6. The van der Waals surface area contributed by atoms with Gasteiger partial charge in [0.15, 0.2) is 0 Å². The zero-order valence-electron chi connectivity index (χ0n) is 17.2. The van der Waals surface area contributed by atoms with Crippen molar-refractivity contribution in [3.8, 4) is 0 Å². The first-order valence-corrected chi connectivity index (χ1v) is 10.7. The highest BCUT2D eigenvalue weighted by molar-refractivity contribution is 5.84. The van der Waals surface area contributed by atoms with E-state index in [9.17, 15) is 19.8 Å². The fraction of sp³-hybridized carbons (Fsp3) is 0.583. The lowest BCUT2D eigenvalue weighted by Crippen LogP contribution is -2.29. The number of aliphatic hydroxyl groups is 2. The van der Waals surface area contributed by atoms with Crippen LogP contribution < -0.4 is 0 Å². The second-order valence-corrected chi connectivity index (χ2v) is 8.31. The van der Waals surface area contributed by atoms with Crippen molar-refractivity contribution >= 4 is 11.8 Å². The Morgan fingerprint density at radius 3 is 2.66 bits per heavy atom. The molecule has 0 radical (unpaired) electrons. The van der Waals surface area contributed by atoms with Gasteiger partial charge in [-0.2, -0.15) is 0 Å². The molecule has 2 unspecified atom stereocenters. The Hall–Kier alpha value is -1.98. The lowest BCUT2D eigenvalue weighted by molar-refractivity contribution is -0.137. The monoisotopic (exact) mass is 402 g/mol. The van der Waals surface area contributed by atoms with Crippen LogP contribution in [0.1, 0.15) is 57.4 Å². The van der Waals surface area contributed by atoms with E-state index >= 15 is 0 Å². The van der Waals surface area contributed by atoms with Gasteiger partial charge < -0.3 is 15.3 Å². The molecule has 0 bridgehead atoms. The van der Waals surface area contributed by atoms with Gasteiger partial charge in [0, 0.05) is 18.8 Å². The highest BCUT2D eigenvalue weighted by atomic mass is 16.4. The van der Waals surface area contributed by atoms with Gasteiger partial charge in [-0.05, 0) is 55.9 Å². The average Bonchev–Trinajstić information content (AvgIpc) is 2.96. The first-order chi connectivity index (χ1) is 13.9. The number of carbonyl (C=O) groups is 2. The van der Waals surface area contributed by atoms with Gasteiger partial charge in [-0.1, -0.05) is 49.4 Å². The molecule has 5 heteroatoms. The van der Waals surface area contributed by atoms with Crippen molar-refractivity contribution < 1.29 is 24.9 Å². The molecule has 1 aromatic rings. The van der Waals surface area contributed by atoms with Crippen LogP contribution in [0.4, 0.5) is 0 Å². The first-order valence-electron chi connectivity index (χ1n) is 10.7. The van der Waals surface area contributed by atoms with Crippen molar-refractivity contribution in [2.75, 3.05) is 0 Å². The van der Waals surface area contributed by atoms with E-state index in [4.69, 9.17) is 5.11 Å². The molecule has 1 aliphatic rings. The molecule has 0 heterocycles. The molecular formula is C24H34O5. The maximum absolute atomic E-state index is 12.4. The Morgan fingerprint density at radius 1 is 1.24 bits per heavy atom. The normalized spacial score (nSPS) is 24.1. The quantitative estimate of drug-likeness (QED) is 0.365. The zero-order valence-corrected chi connectivity index (χ0v) is 17.2. The summed E-state index contributed by atoms with van der Waals surface area (Å²) in [5.41, 5.74) is 1.20. The molecule has 1 saturated carbocycles. The summed E-state index contributed by atoms with van der Waals surface area (Å²) in [6, 6.07) is 10.1. The Morgan fingerprint density at radius 2 is 1.97 bits per heavy atom. The van der Waals surface area contributed by atoms with Crippen LogP contribution in [0.2, 0.25) is 0 Å². The second-order valence-electron chi connectivity index (χ2n) is 8.31. The van der Waals surface area contributed by atoms with Gasteiger partial charge in [-0.15, -0.1) is 0 Å². The minimum absolute atomic E-state index is 0.0487. The van der Waals surface area contributed by atoms with E-state index in [1.165, 1.54) is 5.56 Å². The lowest BCUT2D eigenvalue weighted by Gasteiger charge is -2.28. The predicted octanol–water partition coefficient (Wildman–Crippen LogP) is 3.77. The first kappa shape index (κ1) is 23.3. The van der Waals surface area contributed by atoms with Crippen molar-refractivity contribution in [2.24, 2.45) is 17.8 Å². The minimum atomic E-state index is -0.799. The number of ketones is 1. The number of rotatable bonds is 12. The maximum atomic E-state index is 12.4. The molecule has 3 N–H and O–H groups in total. The number of aliphatic hydroxyl groups excluding tert-OH is 2. The molecule has 0 spiro atoms. The van der Waals surface area contributed by atoms with Crippen LogP contribution in [0.3, 0.4) is 0 Å². The van der Waals surface area contributed by atoms with E-state index in [1.807, 2.05) is 49.4 Å². The summed E-state index contributed by atoms with van der Waals surface area (Å²) >= 11 is 0. The molecule has 1 fully saturated rings. The molecule has 0 amide bonds. The van der Waals surface area contributed by atoms with Crippen LogP contribution in [0, 0.1) is 17.8 Å². The van der Waals surface area contributed by atoms with Crippen LogP contribution in [-0.4, -0.2) is 39.3 Å². The fourth-order valence-electron chi connectivity index (χ4n) is 4.45. The van der Waals surface area contributed by atoms with Crippen molar-refractivity contribution in [1.29, 1.82) is 0 Å². The summed E-state index contributed by atoms with van der Waals surface area (Å²) in [5.74, 6) is -1.03. The number of unbranched alkanes of at least 4 members (excludes halogenated alkanes) is 1. The second kappa shape index (κ2) is 11.9. The van der Waals surface area contributed by atoms with Gasteiger partial charge in [-0.3, -0.25) is 9.59 Å². The summed E-state index contributed by atoms with van der Waals surface area (Å²) in [6.07, 6.45) is 6.96. The molecule has 0 aliphatic heterocycles. The van der Waals surface area contributed by atoms with Crippen LogP contribution in [0.25, 0.3) is 0 Å². The molecule has 1 aliphatic carbocycles. The van der Waals surface area contributed by atoms with E-state index in [0.29, 0.717) is 32.1 Å². The van der Waals surface area contributed by atoms with E-state index < -0.39 is 18.2 Å². The number of carboxylic acid groups (broad SMARTS) is 1. The highest BCUT2D eigenvalue weighted by Crippen LogP contribution is 2.39. The smallest absolute Gasteiger partial charge is 0.303 e. The minimum Gasteiger partial charge on any atom is -0.481 e. The number of hydrogen-bond donors (Lipinski definition) is 3. The SMILES string of the molecule is CC(C[C@@H](O)CCc1ccccc1)[C@@H]1C(C/C=C\CCCC(=O)O)C(=O)C[C@H]1O. The number of carbonyl (C=O) groups excluding carboxylic acids is 1. The van der Waals surface area contributed by atoms with Gasteiger partial charge in [0.2, 0.25) is 0 Å². The van der Waals surface area contributed by atoms with E-state index in [1.54, 1.807) is 0 Å². The van der Waals surface area contributed by atoms with Crippen LogP contribution >= 0.6 is 0 Å². The fourth-order valence-corrected chi connectivity index (χ4v) is 4.45. The zero-order chi connectivity index (χ0) is 21.2. The number of allylic oxidation sites excluding steroid dienone is 2. The van der Waals surface area contributed by atoms with Crippen molar-refractivity contribution in [3.63, 3.8) is 0 Å². The largest absolute Gasteiger partial charge is 0.481 e. The summed E-state index contributed by atoms with van der Waals surface area (Å²) in [6.45, 7) is 2.02. The topological polar surface area (TPSA) is 94.8 Å². The van der Waals surface area contributed by atoms with Crippen LogP contribution in [-0.2, 0) is 16.0 Å². The van der Waals surface area contributed by atoms with Gasteiger partial charge in [0.05, 0.1) is 12.2 Å². The van der Waals surface area contributed by atoms with Crippen molar-refractivity contribution in [1.82, 2.24) is 0 Å². The lowest BCUT2D eigenvalue weighted by atomic mass is 9.78. The molecule has 0 aromatic heterocycles. The Kier molecular flexibility index (Phi) is 9.55. The third kappa shape index (κ3) is 7.75. The highest BCUT2D eigenvalue weighted by Gasteiger charge is 2.43. The Labute approximate surface area is 173 Å². The van der Waals surface area contributed by atoms with E-state index in [0.717, 1.165) is 6.42 Å². The number of hydrogen-bond acceptors (Lipinski definition) is 4. The van der Waals surface area contributed by atoms with Crippen LogP contribution in [0.15, 0.2) is 42.5 Å². The molecule has 2 rings (SSSR count). The number of carboxylic acids is 1. The van der Waals surface area contributed by atoms with Gasteiger partial charge in [-0.25, -0.2) is 0 Å². The summed E-state index contributed by atoms with van der Waals surface area (Å²) < 4.78 is 0. The number of aliphatic carboxylic acids is 1. The average molecular weight is 403 g/mol. The predicted molar refractivity (Wildman–Crippen MR) is 112 cm³/mol. The molecule has 0 saturated heterocycles. The molecular weight excluding hydrogens is 368 g/mol. The van der Waals surface area contributed by atoms with Gasteiger partial charge >= 0.3 is 5.97 Å². The third-order valence-corrected chi connectivity index (χ3v) is 5.96. The maximum Gasteiger partial charge on any atom is 0.303 e. The molecule has 160 valence electrons. The van der Waals surface area contributed by atoms with Gasteiger partial charge in [0.1, 0.15) is 5.78 Å². The third-order valence-electron chi connectivity index (χ3n) is 5.96. The number of Topliss-reactive ketones (excluding diaryl/α,β-unsaturated/α-hetero) is 1. The van der Waals surface area contributed by atoms with Crippen LogP contribution in [0.5, 0.6) is 0 Å². The molecule has 5 nitrogen and oxygen atoms in total. The van der Waals surface area contributed by atoms with E-state index in [2.05, 4.69) is 0 Å². The number of aryl methyl sites for hydroxylation is 1. The molecule has 29 heavy (non-hydrogen) atoms. The van der Waals surface area contributed by atoms with Crippen molar-refractivity contribution in [3.05, 3.63) is 48.0 Å². The Bertz CT molecular complexity index is 669. The number of benzene rings is 1. The van der Waals surface area contributed by atoms with E-state index in [-0.39, 0.29) is 36.4 Å².